The lowest BCUT2D eigenvalue weighted by atomic mass is 10.1. The molecule has 10 nitrogen and oxygen atoms in total. The van der Waals surface area contributed by atoms with Crippen molar-refractivity contribution in [3.05, 3.63) is 92.5 Å². The first-order chi connectivity index (χ1) is 16.0. The van der Waals surface area contributed by atoms with Gasteiger partial charge >= 0.3 is 17.5 Å². The molecule has 0 aliphatic rings. The number of benzene rings is 2. The van der Waals surface area contributed by atoms with Crippen molar-refractivity contribution >= 4 is 5.91 Å². The first-order valence-electron chi connectivity index (χ1n) is 10.5. The molecule has 0 bridgehead atoms. The summed E-state index contributed by atoms with van der Waals surface area (Å²) in [6.45, 7) is 4.10. The van der Waals surface area contributed by atoms with Crippen LogP contribution in [0.15, 0.2) is 68.7 Å². The molecule has 33 heavy (non-hydrogen) atoms. The van der Waals surface area contributed by atoms with Gasteiger partial charge in [0.2, 0.25) is 5.82 Å². The van der Waals surface area contributed by atoms with E-state index in [9.17, 15) is 14.4 Å². The van der Waals surface area contributed by atoms with Crippen LogP contribution in [0.1, 0.15) is 28.7 Å². The molecule has 0 unspecified atom stereocenters. The molecule has 0 atom stereocenters. The van der Waals surface area contributed by atoms with Gasteiger partial charge in [0, 0.05) is 13.1 Å². The highest BCUT2D eigenvalue weighted by Crippen LogP contribution is 2.11. The van der Waals surface area contributed by atoms with Gasteiger partial charge in [0.25, 0.3) is 5.56 Å². The van der Waals surface area contributed by atoms with Crippen LogP contribution < -0.4 is 16.6 Å². The van der Waals surface area contributed by atoms with E-state index in [1.165, 1.54) is 0 Å². The Morgan fingerprint density at radius 3 is 2.48 bits per heavy atom. The number of aromatic nitrogens is 5. The summed E-state index contributed by atoms with van der Waals surface area (Å²) in [5.74, 6) is -1.03. The highest BCUT2D eigenvalue weighted by molar-refractivity contribution is 5.89. The topological polar surface area (TPSA) is 125 Å². The summed E-state index contributed by atoms with van der Waals surface area (Å²) in [6, 6.07) is 16.8. The van der Waals surface area contributed by atoms with Gasteiger partial charge in [0.05, 0.1) is 5.69 Å². The number of carbonyl (C=O) groups excluding carboxylic acids is 1. The molecular formula is C23H22N6O4. The van der Waals surface area contributed by atoms with Crippen LogP contribution in [0, 0.1) is 6.92 Å². The van der Waals surface area contributed by atoms with Gasteiger partial charge in [-0.3, -0.25) is 14.2 Å². The molecule has 1 amide bonds. The van der Waals surface area contributed by atoms with Gasteiger partial charge in [-0.2, -0.15) is 14.8 Å². The average Bonchev–Trinajstić information content (AvgIpc) is 3.31. The number of rotatable bonds is 7. The molecule has 4 rings (SSSR count). The van der Waals surface area contributed by atoms with Crippen molar-refractivity contribution in [3.63, 3.8) is 0 Å². The third-order valence-corrected chi connectivity index (χ3v) is 5.03. The zero-order valence-corrected chi connectivity index (χ0v) is 18.2. The lowest BCUT2D eigenvalue weighted by Crippen LogP contribution is -2.41. The van der Waals surface area contributed by atoms with Gasteiger partial charge < -0.3 is 9.84 Å². The number of carbonyl (C=O) groups is 1. The van der Waals surface area contributed by atoms with E-state index in [0.717, 1.165) is 20.4 Å². The van der Waals surface area contributed by atoms with Crippen LogP contribution in [0.25, 0.3) is 17.2 Å². The molecule has 0 saturated carbocycles. The maximum Gasteiger partial charge on any atom is 0.352 e. The van der Waals surface area contributed by atoms with Crippen molar-refractivity contribution in [3.8, 4) is 17.2 Å². The van der Waals surface area contributed by atoms with Crippen LogP contribution in [0.3, 0.4) is 0 Å². The molecule has 0 saturated heterocycles. The Balaban J connectivity index is 1.61. The second-order valence-electron chi connectivity index (χ2n) is 7.34. The Morgan fingerprint density at radius 1 is 1.06 bits per heavy atom. The lowest BCUT2D eigenvalue weighted by molar-refractivity contribution is 0.0910. The van der Waals surface area contributed by atoms with Crippen LogP contribution in [0.4, 0.5) is 0 Å². The predicted molar refractivity (Wildman–Crippen MR) is 120 cm³/mol. The van der Waals surface area contributed by atoms with E-state index in [1.54, 1.807) is 19.1 Å². The number of amides is 1. The van der Waals surface area contributed by atoms with Crippen molar-refractivity contribution in [1.29, 1.82) is 0 Å². The van der Waals surface area contributed by atoms with Gasteiger partial charge in [-0.15, -0.1) is 0 Å². The van der Waals surface area contributed by atoms with E-state index in [1.807, 2.05) is 49.4 Å². The minimum atomic E-state index is -0.664. The molecular weight excluding hydrogens is 424 g/mol. The van der Waals surface area contributed by atoms with Crippen LogP contribution in [-0.4, -0.2) is 36.9 Å². The van der Waals surface area contributed by atoms with Crippen molar-refractivity contribution in [2.75, 3.05) is 6.54 Å². The second-order valence-corrected chi connectivity index (χ2v) is 7.34. The number of nitrogens with one attached hydrogen (secondary N) is 1. The zero-order valence-electron chi connectivity index (χ0n) is 18.2. The second kappa shape index (κ2) is 9.43. The molecule has 0 spiro atoms. The molecule has 0 aliphatic carbocycles. The largest absolute Gasteiger partial charge is 0.352 e. The fourth-order valence-corrected chi connectivity index (χ4v) is 3.24. The van der Waals surface area contributed by atoms with E-state index < -0.39 is 17.2 Å². The van der Waals surface area contributed by atoms with Crippen LogP contribution in [-0.2, 0) is 13.0 Å². The van der Waals surface area contributed by atoms with Crippen molar-refractivity contribution in [2.45, 2.75) is 26.8 Å². The van der Waals surface area contributed by atoms with E-state index in [4.69, 9.17) is 4.52 Å². The summed E-state index contributed by atoms with van der Waals surface area (Å²) in [7, 11) is 0. The fraction of sp³-hybridized carbons (Fsp3) is 0.217. The smallest absolute Gasteiger partial charge is 0.347 e. The van der Waals surface area contributed by atoms with Gasteiger partial charge in [0.15, 0.2) is 5.69 Å². The lowest BCUT2D eigenvalue weighted by Gasteiger charge is -2.09. The maximum absolute atomic E-state index is 12.8. The van der Waals surface area contributed by atoms with E-state index in [-0.39, 0.29) is 24.0 Å². The quantitative estimate of drug-likeness (QED) is 0.458. The monoisotopic (exact) mass is 446 g/mol. The Labute approximate surface area is 188 Å². The normalized spacial score (nSPS) is 10.8. The van der Waals surface area contributed by atoms with Gasteiger partial charge in [0.1, 0.15) is 0 Å². The molecule has 0 fully saturated rings. The standard InChI is InChI=1S/C23H22N6O4/c1-3-28-22(31)18(26-29(23(28)32)17-11-9-15(2)10-12-17)19-25-21(33-27-19)20(30)24-14-13-16-7-5-4-6-8-16/h4-12H,3,13-14H2,1-2H3,(H,24,30). The number of hydrogen-bond acceptors (Lipinski definition) is 7. The van der Waals surface area contributed by atoms with Crippen molar-refractivity contribution < 1.29 is 9.32 Å². The van der Waals surface area contributed by atoms with Crippen molar-refractivity contribution in [1.82, 2.24) is 29.8 Å². The highest BCUT2D eigenvalue weighted by atomic mass is 16.5. The Bertz CT molecular complexity index is 1390. The van der Waals surface area contributed by atoms with Crippen LogP contribution >= 0.6 is 0 Å². The third kappa shape index (κ3) is 4.64. The van der Waals surface area contributed by atoms with Crippen molar-refractivity contribution in [2.24, 2.45) is 0 Å². The zero-order chi connectivity index (χ0) is 23.4. The minimum absolute atomic E-state index is 0.129. The summed E-state index contributed by atoms with van der Waals surface area (Å²) in [5.41, 5.74) is 1.13. The fourth-order valence-electron chi connectivity index (χ4n) is 3.24. The number of hydrogen-bond donors (Lipinski definition) is 1. The molecule has 1 N–H and O–H groups in total. The Kier molecular flexibility index (Phi) is 6.25. The minimum Gasteiger partial charge on any atom is -0.347 e. The SMILES string of the molecule is CCn1c(=O)c(-c2noc(C(=O)NCCc3ccccc3)n2)nn(-c2ccc(C)cc2)c1=O. The molecule has 2 aromatic carbocycles. The summed E-state index contributed by atoms with van der Waals surface area (Å²) in [6.07, 6.45) is 0.637. The highest BCUT2D eigenvalue weighted by Gasteiger charge is 2.22. The third-order valence-electron chi connectivity index (χ3n) is 5.03. The number of aryl methyl sites for hydroxylation is 1. The Morgan fingerprint density at radius 2 is 1.79 bits per heavy atom. The van der Waals surface area contributed by atoms with Gasteiger partial charge in [-0.25, -0.2) is 4.79 Å². The molecule has 168 valence electrons. The van der Waals surface area contributed by atoms with E-state index in [0.29, 0.717) is 18.7 Å². The first kappa shape index (κ1) is 21.9. The van der Waals surface area contributed by atoms with E-state index >= 15 is 0 Å². The summed E-state index contributed by atoms with van der Waals surface area (Å²) in [4.78, 5) is 42.0. The summed E-state index contributed by atoms with van der Waals surface area (Å²) >= 11 is 0. The van der Waals surface area contributed by atoms with Gasteiger partial charge in [-0.1, -0.05) is 53.2 Å². The molecule has 4 aromatic rings. The molecule has 0 aliphatic heterocycles. The Hall–Kier alpha value is -4.34. The molecule has 2 aromatic heterocycles. The summed E-state index contributed by atoms with van der Waals surface area (Å²) in [5, 5.41) is 10.6. The van der Waals surface area contributed by atoms with Gasteiger partial charge in [-0.05, 0) is 38.0 Å². The molecule has 2 heterocycles. The average molecular weight is 446 g/mol. The van der Waals surface area contributed by atoms with Crippen LogP contribution in [0.2, 0.25) is 0 Å². The first-order valence-corrected chi connectivity index (χ1v) is 10.5. The molecule has 0 radical (unpaired) electrons. The number of nitrogens with zero attached hydrogens (tertiary/aromatic N) is 5. The van der Waals surface area contributed by atoms with E-state index in [2.05, 4.69) is 20.6 Å². The predicted octanol–water partition coefficient (Wildman–Crippen LogP) is 1.75. The van der Waals surface area contributed by atoms with Crippen LogP contribution in [0.5, 0.6) is 0 Å². The summed E-state index contributed by atoms with van der Waals surface area (Å²) < 4.78 is 7.19. The maximum atomic E-state index is 12.8. The molecule has 10 heteroatoms.